The number of aromatic nitrogens is 12. The van der Waals surface area contributed by atoms with Crippen LogP contribution in [0.3, 0.4) is 0 Å². The highest BCUT2D eigenvalue weighted by Crippen LogP contribution is 2.29. The molecule has 0 aliphatic heterocycles. The first-order chi connectivity index (χ1) is 29.4. The number of nitrogens with one attached hydrogen (secondary N) is 1. The SMILES string of the molecule is CC(C)(C)c1ccc(CO)s1.CC(C)(C)c1cn[nH]n1.CC(C)(C)n1cccn1.CC(C)c1cnn(Cc2ccncc2)c1.CCn1cc(C(C)C)cn1.Cc1cn(C(C)C)cn1. The van der Waals surface area contributed by atoms with Gasteiger partial charge in [0.25, 0.3) is 0 Å². The number of nitrogens with zero attached hydrogens (tertiary/aromatic N) is 11. The number of aryl methyl sites for hydroxylation is 2. The molecular weight excluding hydrogens is 805 g/mol. The number of hydrogen-bond donors (Lipinski definition) is 2. The van der Waals surface area contributed by atoms with E-state index in [1.54, 1.807) is 23.7 Å². The zero-order valence-electron chi connectivity index (χ0n) is 41.4. The maximum absolute atomic E-state index is 8.83. The van der Waals surface area contributed by atoms with Crippen LogP contribution in [-0.4, -0.2) is 64.4 Å². The zero-order chi connectivity index (χ0) is 47.4. The molecule has 0 saturated heterocycles. The van der Waals surface area contributed by atoms with E-state index >= 15 is 0 Å². The van der Waals surface area contributed by atoms with Crippen LogP contribution >= 0.6 is 11.3 Å². The molecule has 0 aromatic carbocycles. The number of pyridine rings is 1. The average Bonchev–Trinajstić information content (AvgIpc) is 4.07. The van der Waals surface area contributed by atoms with Crippen LogP contribution in [0.5, 0.6) is 0 Å². The van der Waals surface area contributed by atoms with Crippen molar-refractivity contribution in [1.82, 2.24) is 59.3 Å². The molecule has 0 saturated carbocycles. The molecule has 346 valence electrons. The molecule has 13 nitrogen and oxygen atoms in total. The summed E-state index contributed by atoms with van der Waals surface area (Å²) in [4.78, 5) is 10.5. The van der Waals surface area contributed by atoms with Gasteiger partial charge in [-0.15, -0.1) is 11.3 Å². The summed E-state index contributed by atoms with van der Waals surface area (Å²) in [6.07, 6.45) is 21.1. The number of H-pyrrole nitrogens is 1. The number of aliphatic hydroxyl groups is 1. The number of hydrogen-bond acceptors (Lipinski definition) is 9. The fourth-order valence-electron chi connectivity index (χ4n) is 5.11. The van der Waals surface area contributed by atoms with Gasteiger partial charge < -0.3 is 9.67 Å². The first-order valence-corrected chi connectivity index (χ1v) is 22.8. The molecule has 0 aliphatic rings. The van der Waals surface area contributed by atoms with Gasteiger partial charge in [-0.25, -0.2) is 4.98 Å². The van der Waals surface area contributed by atoms with Gasteiger partial charge in [-0.05, 0) is 113 Å². The minimum Gasteiger partial charge on any atom is -0.391 e. The number of imidazole rings is 1. The molecule has 7 aromatic heterocycles. The zero-order valence-corrected chi connectivity index (χ0v) is 42.2. The topological polar surface area (TPSA) is 146 Å². The Labute approximate surface area is 382 Å². The predicted molar refractivity (Wildman–Crippen MR) is 260 cm³/mol. The summed E-state index contributed by atoms with van der Waals surface area (Å²) in [5, 5.41) is 31.7. The van der Waals surface area contributed by atoms with Crippen molar-refractivity contribution in [2.45, 2.75) is 172 Å². The average molecular weight is 883 g/mol. The van der Waals surface area contributed by atoms with Crippen molar-refractivity contribution >= 4 is 11.3 Å². The van der Waals surface area contributed by atoms with E-state index in [1.807, 2.05) is 88.7 Å². The summed E-state index contributed by atoms with van der Waals surface area (Å²) in [7, 11) is 0. The van der Waals surface area contributed by atoms with Gasteiger partial charge in [-0.1, -0.05) is 69.2 Å². The van der Waals surface area contributed by atoms with Gasteiger partial charge in [0.1, 0.15) is 0 Å². The molecule has 7 aromatic rings. The summed E-state index contributed by atoms with van der Waals surface area (Å²) in [6, 6.07) is 10.6. The van der Waals surface area contributed by atoms with Crippen LogP contribution < -0.4 is 0 Å². The number of aromatic amines is 1. The second-order valence-corrected chi connectivity index (χ2v) is 20.4. The molecule has 7 rings (SSSR count). The van der Waals surface area contributed by atoms with Crippen LogP contribution in [0.1, 0.15) is 166 Å². The van der Waals surface area contributed by atoms with Crippen molar-refractivity contribution in [2.24, 2.45) is 0 Å². The third-order valence-electron chi connectivity index (χ3n) is 9.32. The van der Waals surface area contributed by atoms with Gasteiger partial charge in [0.05, 0.1) is 55.0 Å². The Morgan fingerprint density at radius 3 is 1.65 bits per heavy atom. The quantitative estimate of drug-likeness (QED) is 0.161. The lowest BCUT2D eigenvalue weighted by atomic mass is 9.93. The molecule has 2 N–H and O–H groups in total. The van der Waals surface area contributed by atoms with Crippen molar-refractivity contribution in [2.75, 3.05) is 0 Å². The second-order valence-electron chi connectivity index (χ2n) is 19.2. The Kier molecular flexibility index (Phi) is 22.1. The van der Waals surface area contributed by atoms with Crippen molar-refractivity contribution < 1.29 is 5.11 Å². The van der Waals surface area contributed by atoms with Crippen molar-refractivity contribution in [3.63, 3.8) is 0 Å². The fraction of sp³-hybridized carbons (Fsp3) is 0.531. The lowest BCUT2D eigenvalue weighted by Crippen LogP contribution is -2.21. The molecule has 0 spiro atoms. The van der Waals surface area contributed by atoms with E-state index in [-0.39, 0.29) is 23.0 Å². The van der Waals surface area contributed by atoms with Crippen LogP contribution in [-0.2, 0) is 36.1 Å². The minimum absolute atomic E-state index is 0.118. The molecule has 63 heavy (non-hydrogen) atoms. The number of aliphatic hydroxyl groups excluding tert-OH is 1. The van der Waals surface area contributed by atoms with Gasteiger partial charge in [-0.2, -0.15) is 30.7 Å². The highest BCUT2D eigenvalue weighted by Gasteiger charge is 2.16. The van der Waals surface area contributed by atoms with E-state index in [1.165, 1.54) is 21.6 Å². The van der Waals surface area contributed by atoms with Gasteiger partial charge in [0.15, 0.2) is 0 Å². The van der Waals surface area contributed by atoms with E-state index in [0.717, 1.165) is 29.4 Å². The predicted octanol–water partition coefficient (Wildman–Crippen LogP) is 11.5. The first-order valence-electron chi connectivity index (χ1n) is 21.9. The smallest absolute Gasteiger partial charge is 0.0951 e. The maximum atomic E-state index is 8.83. The van der Waals surface area contributed by atoms with Crippen LogP contribution in [0.2, 0.25) is 0 Å². The Balaban J connectivity index is 0.000000263. The van der Waals surface area contributed by atoms with E-state index in [4.69, 9.17) is 5.11 Å². The van der Waals surface area contributed by atoms with Gasteiger partial charge in [-0.3, -0.25) is 19.0 Å². The Morgan fingerprint density at radius 2 is 1.33 bits per heavy atom. The normalized spacial score (nSPS) is 11.3. The van der Waals surface area contributed by atoms with Gasteiger partial charge in [0, 0.05) is 71.1 Å². The Hall–Kier alpha value is -5.21. The summed E-state index contributed by atoms with van der Waals surface area (Å²) in [5.41, 5.74) is 6.38. The van der Waals surface area contributed by atoms with Crippen LogP contribution in [0.25, 0.3) is 0 Å². The highest BCUT2D eigenvalue weighted by atomic mass is 32.1. The maximum Gasteiger partial charge on any atom is 0.0951 e. The molecule has 0 radical (unpaired) electrons. The van der Waals surface area contributed by atoms with Crippen LogP contribution in [0, 0.1) is 6.92 Å². The molecule has 7 heterocycles. The van der Waals surface area contributed by atoms with Crippen LogP contribution in [0.15, 0.2) is 98.6 Å². The largest absolute Gasteiger partial charge is 0.391 e. The van der Waals surface area contributed by atoms with E-state index in [9.17, 15) is 0 Å². The molecule has 0 atom stereocenters. The third kappa shape index (κ3) is 20.7. The van der Waals surface area contributed by atoms with E-state index in [2.05, 4.69) is 174 Å². The lowest BCUT2D eigenvalue weighted by molar-refractivity contribution is 0.285. The minimum atomic E-state index is 0.118. The summed E-state index contributed by atoms with van der Waals surface area (Å²) in [6.45, 7) is 38.2. The van der Waals surface area contributed by atoms with Crippen molar-refractivity contribution in [1.29, 1.82) is 0 Å². The molecule has 0 fully saturated rings. The summed E-state index contributed by atoms with van der Waals surface area (Å²) >= 11 is 1.69. The second kappa shape index (κ2) is 25.8. The lowest BCUT2D eigenvalue weighted by Gasteiger charge is -2.18. The molecule has 0 unspecified atom stereocenters. The Bertz CT molecular complexity index is 2140. The molecule has 0 aliphatic carbocycles. The molecule has 0 bridgehead atoms. The number of thiophene rings is 1. The highest BCUT2D eigenvalue weighted by molar-refractivity contribution is 7.12. The standard InChI is InChI=1S/C12H15N3.C9H14OS.C8H14N2.2C7H12N2.C6H11N3/c1-10(2)12-7-14-15(9-12)8-11-3-5-13-6-4-11;1-9(2,3)8-5-4-7(6-10)11-8;1-4-10-6-8(5-9-10)7(2)3;1-6(2)9-4-7(3)8-5-9;1-7(2,3)9-6-4-5-8-9;1-6(2,3)5-4-7-9-8-5/h3-7,9-10H,8H2,1-2H3;4-5,10H,6H2,1-3H3;5-7H,4H2,1-3H3;2*4-6H,1-3H3;4H,1-3H3,(H,7,8,9). The molecule has 14 heteroatoms. The summed E-state index contributed by atoms with van der Waals surface area (Å²) < 4.78 is 7.95. The number of rotatable bonds is 7. The van der Waals surface area contributed by atoms with E-state index in [0.29, 0.717) is 17.9 Å². The monoisotopic (exact) mass is 883 g/mol. The Morgan fingerprint density at radius 1 is 0.730 bits per heavy atom. The first kappa shape index (κ1) is 53.9. The van der Waals surface area contributed by atoms with Crippen LogP contribution in [0.4, 0.5) is 0 Å². The fourth-order valence-corrected chi connectivity index (χ4v) is 6.03. The van der Waals surface area contributed by atoms with Crippen molar-refractivity contribution in [3.8, 4) is 0 Å². The van der Waals surface area contributed by atoms with Gasteiger partial charge in [0.2, 0.25) is 0 Å². The van der Waals surface area contributed by atoms with Crippen molar-refractivity contribution in [3.05, 3.63) is 136 Å². The van der Waals surface area contributed by atoms with E-state index < -0.39 is 0 Å². The molecular formula is C49H78N12OS. The third-order valence-corrected chi connectivity index (χ3v) is 10.8. The molecule has 0 amide bonds. The summed E-state index contributed by atoms with van der Waals surface area (Å²) in [5.74, 6) is 1.14. The van der Waals surface area contributed by atoms with Gasteiger partial charge >= 0.3 is 0 Å².